The van der Waals surface area contributed by atoms with Crippen molar-refractivity contribution in [1.29, 1.82) is 0 Å². The summed E-state index contributed by atoms with van der Waals surface area (Å²) in [4.78, 5) is 0. The summed E-state index contributed by atoms with van der Waals surface area (Å²) >= 11 is -18.2. The van der Waals surface area contributed by atoms with Crippen LogP contribution >= 0.6 is 0 Å². The SMILES string of the molecule is [Cr+3].[Fe+2].[O]=[Mn]([O-])[O-].[O]=[Mn]([O-])[O-].[O]=[Mn]([O-])[O-].[O]=[Mn]([O-])[O-].[O]=[Mn]([O-])[O-].[Sr+2].[Y+3]. The number of hydrogen-bond acceptors (Lipinski definition) is 15. The summed E-state index contributed by atoms with van der Waals surface area (Å²) in [6, 6.07) is 0. The van der Waals surface area contributed by atoms with Crippen molar-refractivity contribution in [3.05, 3.63) is 0 Å². The zero-order valence-corrected chi connectivity index (χ0v) is 24.7. The van der Waals surface area contributed by atoms with E-state index in [4.69, 9.17) is 61.1 Å². The second-order valence-electron chi connectivity index (χ2n) is 0.945. The predicted octanol–water partition coefficient (Wildman–Crippen LogP) is -12.9. The maximum absolute atomic E-state index is 8.52. The fourth-order valence-corrected chi connectivity index (χ4v) is 0. The molecule has 24 heteroatoms. The second-order valence-corrected chi connectivity index (χ2v) is 3.90. The molecule has 0 atom stereocenters. The molecule has 1 radical (unpaired) electrons. The van der Waals surface area contributed by atoms with Crippen LogP contribution in [0.15, 0.2) is 0 Å². The molecule has 0 heterocycles. The first-order valence-electron chi connectivity index (χ1n) is 2.31. The fourth-order valence-electron chi connectivity index (χ4n) is 0. The maximum atomic E-state index is 8.52. The molecule has 0 rings (SSSR count). The molecule has 0 unspecified atom stereocenters. The van der Waals surface area contributed by atoms with Gasteiger partial charge >= 0.3 is 246 Å². The van der Waals surface area contributed by atoms with Crippen molar-refractivity contribution in [3.8, 4) is 0 Å². The quantitative estimate of drug-likeness (QED) is 0.205. The molecule has 0 aromatic heterocycles. The maximum Gasteiger partial charge on any atom is 3.00 e. The van der Waals surface area contributed by atoms with Crippen LogP contribution in [-0.4, -0.2) is 45.5 Å². The van der Waals surface area contributed by atoms with E-state index in [1.807, 2.05) is 0 Å². The van der Waals surface area contributed by atoms with Gasteiger partial charge in [-0.3, -0.25) is 0 Å². The Morgan fingerprint density at radius 3 is 0.417 bits per heavy atom. The number of rotatable bonds is 0. The second kappa shape index (κ2) is 50.9. The largest absolute Gasteiger partial charge is 3.00 e. The molecule has 0 saturated carbocycles. The standard InChI is InChI=1S/Cr.Fe.5Mn.15O.Sr.Y/q+3;+2;;;;;;;;;;;10*-1;+2;+3. The van der Waals surface area contributed by atoms with Crippen LogP contribution in [0.1, 0.15) is 0 Å². The van der Waals surface area contributed by atoms with E-state index < -0.39 is 72.5 Å². The van der Waals surface area contributed by atoms with E-state index in [1.165, 1.54) is 0 Å². The first-order chi connectivity index (χ1) is 8.66. The summed E-state index contributed by atoms with van der Waals surface area (Å²) in [6.45, 7) is 0. The molecule has 0 aliphatic carbocycles. The van der Waals surface area contributed by atoms with Crippen molar-refractivity contribution in [1.82, 2.24) is 0 Å². The van der Waals surface area contributed by atoms with Crippen LogP contribution < -0.4 is 41.9 Å². The Morgan fingerprint density at radius 2 is 0.417 bits per heavy atom. The van der Waals surface area contributed by atoms with E-state index in [0.29, 0.717) is 0 Å². The van der Waals surface area contributed by atoms with Crippen molar-refractivity contribution < 1.29 is 201 Å². The third-order valence-corrected chi connectivity index (χ3v) is 0. The smallest absolute Gasteiger partial charge is 2.00 e. The van der Waals surface area contributed by atoms with Crippen molar-refractivity contribution >= 4 is 45.5 Å². The topological polar surface area (TPSA) is 316 Å². The third-order valence-electron chi connectivity index (χ3n) is 0. The molecule has 24 heavy (non-hydrogen) atoms. The molecule has 0 saturated heterocycles. The molecule has 0 aromatic carbocycles. The Balaban J connectivity index is -0.0000000161. The minimum absolute atomic E-state index is 0. The zero-order chi connectivity index (χ0) is 17.9. The number of hydrogen-bond donors (Lipinski definition) is 0. The van der Waals surface area contributed by atoms with Gasteiger partial charge in [0.25, 0.3) is 0 Å². The van der Waals surface area contributed by atoms with Crippen LogP contribution in [0.4, 0.5) is 0 Å². The van der Waals surface area contributed by atoms with Crippen LogP contribution in [0, 0.1) is 0 Å². The third kappa shape index (κ3) is 766. The van der Waals surface area contributed by atoms with Gasteiger partial charge in [-0.1, -0.05) is 0 Å². The van der Waals surface area contributed by atoms with Crippen molar-refractivity contribution in [3.63, 3.8) is 0 Å². The van der Waals surface area contributed by atoms with E-state index in [2.05, 4.69) is 0 Å². The van der Waals surface area contributed by atoms with Gasteiger partial charge in [0, 0.05) is 0 Å². The molecule has 0 aliphatic heterocycles. The van der Waals surface area contributed by atoms with Crippen molar-refractivity contribution in [2.75, 3.05) is 0 Å². The van der Waals surface area contributed by atoms with Gasteiger partial charge in [-0.2, -0.15) is 0 Å². The molecule has 0 aliphatic rings. The van der Waals surface area contributed by atoms with Crippen LogP contribution in [0.25, 0.3) is 0 Å². The van der Waals surface area contributed by atoms with Crippen LogP contribution in [0.3, 0.4) is 0 Å². The van der Waals surface area contributed by atoms with Gasteiger partial charge in [0.05, 0.1) is 0 Å². The first kappa shape index (κ1) is 56.8. The van der Waals surface area contributed by atoms with Gasteiger partial charge in [-0.25, -0.2) is 0 Å². The Labute approximate surface area is 241 Å². The van der Waals surface area contributed by atoms with Crippen LogP contribution in [0.5, 0.6) is 0 Å². The van der Waals surface area contributed by atoms with E-state index >= 15 is 0 Å². The average molecular weight is 799 g/mol. The molecule has 0 bridgehead atoms. The molecular weight excluding hydrogens is 799 g/mol. The molecule has 15 nitrogen and oxygen atoms in total. The normalized spacial score (nSPS) is 7.29. The zero-order valence-electron chi connectivity index (χ0n) is 10.1. The van der Waals surface area contributed by atoms with E-state index in [0.717, 1.165) is 0 Å². The van der Waals surface area contributed by atoms with E-state index in [-0.39, 0.29) is 113 Å². The van der Waals surface area contributed by atoms with Gasteiger partial charge in [0.2, 0.25) is 0 Å². The van der Waals surface area contributed by atoms with Crippen LogP contribution in [0.2, 0.25) is 0 Å². The Bertz CT molecular complexity index is 225. The van der Waals surface area contributed by atoms with Gasteiger partial charge < -0.3 is 0 Å². The molecule has 144 valence electrons. The molecular formula is CrFeMn5O15SrY. The molecule has 0 amide bonds. The Kier molecular flexibility index (Phi) is 121. The minimum Gasteiger partial charge on any atom is 2.00 e. The molecule has 0 aromatic rings. The summed E-state index contributed by atoms with van der Waals surface area (Å²) in [5.41, 5.74) is 0. The Hall–Kier alpha value is 4.83. The molecule has 0 spiro atoms. The summed E-state index contributed by atoms with van der Waals surface area (Å²) in [5, 5.41) is 0. The summed E-state index contributed by atoms with van der Waals surface area (Å²) in [5.74, 6) is 0. The van der Waals surface area contributed by atoms with Gasteiger partial charge in [-0.15, -0.1) is 0 Å². The average Bonchev–Trinajstić information content (AvgIpc) is 1.94. The summed E-state index contributed by atoms with van der Waals surface area (Å²) < 4.78 is 128. The summed E-state index contributed by atoms with van der Waals surface area (Å²) in [6.07, 6.45) is 0. The van der Waals surface area contributed by atoms with E-state index in [1.54, 1.807) is 0 Å². The Morgan fingerprint density at radius 1 is 0.417 bits per heavy atom. The molecule has 0 fully saturated rings. The summed E-state index contributed by atoms with van der Waals surface area (Å²) in [7, 11) is 0. The molecule has 0 N–H and O–H groups in total. The van der Waals surface area contributed by atoms with Gasteiger partial charge in [-0.05, 0) is 0 Å². The minimum atomic E-state index is -3.65. The van der Waals surface area contributed by atoms with Crippen molar-refractivity contribution in [2.24, 2.45) is 0 Å². The van der Waals surface area contributed by atoms with E-state index in [9.17, 15) is 0 Å². The fraction of sp³-hybridized carbons (Fsp3) is 0. The first-order valence-corrected chi connectivity index (χ1v) is 9.54. The van der Waals surface area contributed by atoms with Gasteiger partial charge in [0.15, 0.2) is 0 Å². The van der Waals surface area contributed by atoms with Crippen LogP contribution in [-0.2, 0) is 159 Å². The predicted molar refractivity (Wildman–Crippen MR) is 9.19 cm³/mol. The van der Waals surface area contributed by atoms with Crippen molar-refractivity contribution in [2.45, 2.75) is 0 Å². The monoisotopic (exact) mass is 799 g/mol. The van der Waals surface area contributed by atoms with Gasteiger partial charge in [0.1, 0.15) is 0 Å².